The highest BCUT2D eigenvalue weighted by Gasteiger charge is 2.40. The van der Waals surface area contributed by atoms with Crippen molar-refractivity contribution in [2.45, 2.75) is 90.6 Å². The zero-order chi connectivity index (χ0) is 20.1. The van der Waals surface area contributed by atoms with Crippen LogP contribution in [0.1, 0.15) is 84.5 Å². The van der Waals surface area contributed by atoms with E-state index < -0.39 is 6.10 Å². The Bertz CT molecular complexity index is 497. The standard InChI is InChI=1S/C22H36O5/c1-3-5-8-11-17(23)14-15-19-18(20(24)16-21(19)25)12-9-6-7-10-13-22(26)27-4-2/h6,9,18-20,24H,3-5,7-8,10-16H2,1-2H3. The van der Waals surface area contributed by atoms with E-state index in [1.807, 2.05) is 12.2 Å². The summed E-state index contributed by atoms with van der Waals surface area (Å²) in [7, 11) is 0. The molecule has 3 unspecified atom stereocenters. The Labute approximate surface area is 163 Å². The molecule has 0 aromatic rings. The van der Waals surface area contributed by atoms with Crippen LogP contribution in [0.5, 0.6) is 0 Å². The van der Waals surface area contributed by atoms with E-state index in [2.05, 4.69) is 6.92 Å². The first kappa shape index (κ1) is 23.5. The van der Waals surface area contributed by atoms with Gasteiger partial charge in [-0.15, -0.1) is 0 Å². The predicted molar refractivity (Wildman–Crippen MR) is 105 cm³/mol. The number of esters is 1. The molecule has 27 heavy (non-hydrogen) atoms. The maximum Gasteiger partial charge on any atom is 0.305 e. The summed E-state index contributed by atoms with van der Waals surface area (Å²) in [6.07, 6.45) is 10.8. The van der Waals surface area contributed by atoms with Crippen LogP contribution in [0.25, 0.3) is 0 Å². The highest BCUT2D eigenvalue weighted by molar-refractivity contribution is 5.85. The van der Waals surface area contributed by atoms with Gasteiger partial charge in [-0.1, -0.05) is 31.9 Å². The third-order valence-corrected chi connectivity index (χ3v) is 5.26. The highest BCUT2D eigenvalue weighted by Crippen LogP contribution is 2.35. The topological polar surface area (TPSA) is 80.7 Å². The van der Waals surface area contributed by atoms with Gasteiger partial charge in [0.2, 0.25) is 0 Å². The molecule has 0 aliphatic heterocycles. The fraction of sp³-hybridized carbons (Fsp3) is 0.773. The van der Waals surface area contributed by atoms with Crippen molar-refractivity contribution in [1.29, 1.82) is 0 Å². The molecule has 0 saturated heterocycles. The van der Waals surface area contributed by atoms with Crippen LogP contribution in [0.4, 0.5) is 0 Å². The van der Waals surface area contributed by atoms with Gasteiger partial charge in [0.25, 0.3) is 0 Å². The summed E-state index contributed by atoms with van der Waals surface area (Å²) in [5, 5.41) is 10.2. The van der Waals surface area contributed by atoms with Crippen LogP contribution in [0.2, 0.25) is 0 Å². The van der Waals surface area contributed by atoms with Crippen LogP contribution in [-0.2, 0) is 19.1 Å². The van der Waals surface area contributed by atoms with Crippen molar-refractivity contribution in [3.63, 3.8) is 0 Å². The number of ketones is 2. The second kappa shape index (κ2) is 13.6. The van der Waals surface area contributed by atoms with E-state index in [1.54, 1.807) is 6.92 Å². The van der Waals surface area contributed by atoms with E-state index in [0.717, 1.165) is 32.1 Å². The Hall–Kier alpha value is -1.49. The van der Waals surface area contributed by atoms with Crippen molar-refractivity contribution in [2.75, 3.05) is 6.61 Å². The Kier molecular flexibility index (Phi) is 11.9. The molecule has 0 aromatic carbocycles. The lowest BCUT2D eigenvalue weighted by molar-refractivity contribution is -0.143. The molecule has 0 amide bonds. The molecule has 0 aromatic heterocycles. The lowest BCUT2D eigenvalue weighted by Crippen LogP contribution is -2.21. The first-order valence-corrected chi connectivity index (χ1v) is 10.5. The fourth-order valence-corrected chi connectivity index (χ4v) is 3.69. The number of hydrogen-bond donors (Lipinski definition) is 1. The Balaban J connectivity index is 2.35. The summed E-state index contributed by atoms with van der Waals surface area (Å²) in [5.41, 5.74) is 0. The molecule has 1 rings (SSSR count). The maximum atomic E-state index is 12.2. The lowest BCUT2D eigenvalue weighted by Gasteiger charge is -2.19. The van der Waals surface area contributed by atoms with E-state index in [9.17, 15) is 19.5 Å². The minimum Gasteiger partial charge on any atom is -0.466 e. The zero-order valence-electron chi connectivity index (χ0n) is 17.0. The number of unbranched alkanes of at least 4 members (excludes halogenated alkanes) is 3. The van der Waals surface area contributed by atoms with Crippen LogP contribution >= 0.6 is 0 Å². The van der Waals surface area contributed by atoms with Gasteiger partial charge in [-0.2, -0.15) is 0 Å². The summed E-state index contributed by atoms with van der Waals surface area (Å²) in [6.45, 7) is 4.31. The van der Waals surface area contributed by atoms with E-state index in [4.69, 9.17) is 4.74 Å². The average molecular weight is 381 g/mol. The van der Waals surface area contributed by atoms with Crippen LogP contribution < -0.4 is 0 Å². The monoisotopic (exact) mass is 380 g/mol. The molecule has 1 fully saturated rings. The molecule has 154 valence electrons. The predicted octanol–water partition coefficient (Wildman–Crippen LogP) is 4.16. The first-order chi connectivity index (χ1) is 13.0. The number of carbonyl (C=O) groups excluding carboxylic acids is 3. The summed E-state index contributed by atoms with van der Waals surface area (Å²) in [5.74, 6) is -0.164. The molecule has 1 aliphatic rings. The molecule has 0 bridgehead atoms. The molecular weight excluding hydrogens is 344 g/mol. The van der Waals surface area contributed by atoms with Gasteiger partial charge in [-0.3, -0.25) is 14.4 Å². The molecule has 0 heterocycles. The van der Waals surface area contributed by atoms with Crippen molar-refractivity contribution in [1.82, 2.24) is 0 Å². The maximum absolute atomic E-state index is 12.2. The number of hydrogen-bond acceptors (Lipinski definition) is 5. The van der Waals surface area contributed by atoms with Gasteiger partial charge in [0.15, 0.2) is 0 Å². The van der Waals surface area contributed by atoms with Crippen molar-refractivity contribution in [3.8, 4) is 0 Å². The van der Waals surface area contributed by atoms with Gasteiger partial charge in [0.1, 0.15) is 11.6 Å². The SMILES string of the molecule is CCCCCC(=O)CCC1C(=O)CC(O)C1CC=CCCCC(=O)OCC. The fourth-order valence-electron chi connectivity index (χ4n) is 3.69. The number of aliphatic hydroxyl groups is 1. The van der Waals surface area contributed by atoms with Crippen LogP contribution in [-0.4, -0.2) is 35.4 Å². The zero-order valence-corrected chi connectivity index (χ0v) is 17.0. The van der Waals surface area contributed by atoms with E-state index in [1.165, 1.54) is 0 Å². The third kappa shape index (κ3) is 9.32. The largest absolute Gasteiger partial charge is 0.466 e. The Morgan fingerprint density at radius 3 is 2.59 bits per heavy atom. The van der Waals surface area contributed by atoms with E-state index in [-0.39, 0.29) is 35.8 Å². The second-order valence-electron chi connectivity index (χ2n) is 7.45. The van der Waals surface area contributed by atoms with Crippen LogP contribution in [0.3, 0.4) is 0 Å². The lowest BCUT2D eigenvalue weighted by atomic mass is 9.86. The molecular formula is C22H36O5. The van der Waals surface area contributed by atoms with E-state index in [0.29, 0.717) is 38.7 Å². The molecule has 1 N–H and O–H groups in total. The Morgan fingerprint density at radius 1 is 1.11 bits per heavy atom. The third-order valence-electron chi connectivity index (χ3n) is 5.26. The smallest absolute Gasteiger partial charge is 0.305 e. The van der Waals surface area contributed by atoms with Crippen molar-refractivity contribution in [3.05, 3.63) is 12.2 Å². The van der Waals surface area contributed by atoms with Gasteiger partial charge in [-0.25, -0.2) is 0 Å². The molecule has 5 heteroatoms. The number of ether oxygens (including phenoxy) is 1. The van der Waals surface area contributed by atoms with Crippen molar-refractivity contribution >= 4 is 17.5 Å². The molecule has 0 radical (unpaired) electrons. The molecule has 1 aliphatic carbocycles. The first-order valence-electron chi connectivity index (χ1n) is 10.5. The molecule has 0 spiro atoms. The summed E-state index contributed by atoms with van der Waals surface area (Å²) < 4.78 is 4.89. The number of carbonyl (C=O) groups is 3. The summed E-state index contributed by atoms with van der Waals surface area (Å²) >= 11 is 0. The molecule has 5 nitrogen and oxygen atoms in total. The van der Waals surface area contributed by atoms with Crippen molar-refractivity contribution in [2.24, 2.45) is 11.8 Å². The highest BCUT2D eigenvalue weighted by atomic mass is 16.5. The Morgan fingerprint density at radius 2 is 1.89 bits per heavy atom. The number of rotatable bonds is 14. The van der Waals surface area contributed by atoms with Crippen LogP contribution in [0, 0.1) is 11.8 Å². The van der Waals surface area contributed by atoms with Gasteiger partial charge in [0, 0.05) is 31.6 Å². The minimum atomic E-state index is -0.609. The summed E-state index contributed by atoms with van der Waals surface area (Å²) in [4.78, 5) is 35.4. The number of allylic oxidation sites excluding steroid dienone is 2. The molecule has 3 atom stereocenters. The average Bonchev–Trinajstić information content (AvgIpc) is 2.89. The van der Waals surface area contributed by atoms with Gasteiger partial charge >= 0.3 is 5.97 Å². The van der Waals surface area contributed by atoms with E-state index >= 15 is 0 Å². The normalized spacial score (nSPS) is 22.5. The number of aliphatic hydroxyl groups excluding tert-OH is 1. The van der Waals surface area contributed by atoms with Gasteiger partial charge in [0.05, 0.1) is 12.7 Å². The van der Waals surface area contributed by atoms with Crippen molar-refractivity contribution < 1.29 is 24.2 Å². The summed E-state index contributed by atoms with van der Waals surface area (Å²) in [6, 6.07) is 0. The molecule has 1 saturated carbocycles. The van der Waals surface area contributed by atoms with Gasteiger partial charge < -0.3 is 9.84 Å². The number of Topliss-reactive ketones (excluding diaryl/α,β-unsaturated/α-hetero) is 2. The van der Waals surface area contributed by atoms with Gasteiger partial charge in [-0.05, 0) is 44.9 Å². The quantitative estimate of drug-likeness (QED) is 0.278. The van der Waals surface area contributed by atoms with Crippen LogP contribution in [0.15, 0.2) is 12.2 Å². The second-order valence-corrected chi connectivity index (χ2v) is 7.45. The minimum absolute atomic E-state index is 0.0876.